The van der Waals surface area contributed by atoms with E-state index in [1.807, 2.05) is 19.1 Å². The highest BCUT2D eigenvalue weighted by Gasteiger charge is 2.30. The molecule has 0 heterocycles. The second-order valence-electron chi connectivity index (χ2n) is 4.46. The predicted molar refractivity (Wildman–Crippen MR) is 64.2 cm³/mol. The van der Waals surface area contributed by atoms with E-state index in [4.69, 9.17) is 14.6 Å². The number of ether oxygens (including phenoxy) is 2. The Morgan fingerprint density at radius 1 is 1.41 bits per heavy atom. The van der Waals surface area contributed by atoms with E-state index >= 15 is 0 Å². The van der Waals surface area contributed by atoms with Gasteiger partial charge in [-0.3, -0.25) is 0 Å². The smallest absolute Gasteiger partial charge is 0.347 e. The quantitative estimate of drug-likeness (QED) is 0.855. The lowest BCUT2D eigenvalue weighted by Crippen LogP contribution is -2.38. The van der Waals surface area contributed by atoms with E-state index in [0.29, 0.717) is 12.4 Å². The Hall–Kier alpha value is -1.55. The van der Waals surface area contributed by atoms with Crippen molar-refractivity contribution >= 4 is 5.97 Å². The van der Waals surface area contributed by atoms with Crippen molar-refractivity contribution in [3.63, 3.8) is 0 Å². The first-order valence-electron chi connectivity index (χ1n) is 5.37. The molecule has 1 aromatic carbocycles. The molecular formula is C13H18O4. The van der Waals surface area contributed by atoms with E-state index in [0.717, 1.165) is 11.1 Å². The Balaban J connectivity index is 3.01. The Morgan fingerprint density at radius 3 is 2.59 bits per heavy atom. The average Bonchev–Trinajstić information content (AvgIpc) is 2.22. The molecule has 0 radical (unpaired) electrons. The number of aliphatic carboxylic acids is 1. The van der Waals surface area contributed by atoms with Crippen LogP contribution in [-0.2, 0) is 16.1 Å². The van der Waals surface area contributed by atoms with Crippen LogP contribution >= 0.6 is 0 Å². The maximum atomic E-state index is 11.0. The summed E-state index contributed by atoms with van der Waals surface area (Å²) in [4.78, 5) is 11.0. The second kappa shape index (κ2) is 5.19. The first-order chi connectivity index (χ1) is 7.86. The molecule has 0 aliphatic rings. The van der Waals surface area contributed by atoms with Crippen LogP contribution in [0.1, 0.15) is 25.0 Å². The molecule has 0 bridgehead atoms. The van der Waals surface area contributed by atoms with Crippen LogP contribution in [0.5, 0.6) is 5.75 Å². The van der Waals surface area contributed by atoms with E-state index in [1.165, 1.54) is 13.8 Å². The molecule has 0 amide bonds. The molecule has 4 nitrogen and oxygen atoms in total. The number of hydrogen-bond donors (Lipinski definition) is 1. The molecule has 0 atom stereocenters. The molecule has 0 saturated carbocycles. The van der Waals surface area contributed by atoms with Gasteiger partial charge in [0.15, 0.2) is 5.60 Å². The zero-order valence-electron chi connectivity index (χ0n) is 10.6. The first kappa shape index (κ1) is 13.5. The minimum Gasteiger partial charge on any atom is -0.478 e. The molecule has 0 aromatic heterocycles. The van der Waals surface area contributed by atoms with Gasteiger partial charge in [-0.25, -0.2) is 4.79 Å². The highest BCUT2D eigenvalue weighted by atomic mass is 16.5. The number of rotatable bonds is 5. The van der Waals surface area contributed by atoms with Crippen molar-refractivity contribution in [2.24, 2.45) is 0 Å². The van der Waals surface area contributed by atoms with Gasteiger partial charge in [-0.15, -0.1) is 0 Å². The van der Waals surface area contributed by atoms with E-state index in [-0.39, 0.29) is 0 Å². The number of aryl methyl sites for hydroxylation is 1. The van der Waals surface area contributed by atoms with Crippen LogP contribution in [0.4, 0.5) is 0 Å². The van der Waals surface area contributed by atoms with Crippen LogP contribution in [0.3, 0.4) is 0 Å². The van der Waals surface area contributed by atoms with Gasteiger partial charge in [-0.2, -0.15) is 0 Å². The number of methoxy groups -OCH3 is 1. The summed E-state index contributed by atoms with van der Waals surface area (Å²) in [6.07, 6.45) is 0. The summed E-state index contributed by atoms with van der Waals surface area (Å²) in [6.45, 7) is 5.40. The molecule has 0 spiro atoms. The summed E-state index contributed by atoms with van der Waals surface area (Å²) in [7, 11) is 1.59. The molecule has 1 rings (SSSR count). The normalized spacial score (nSPS) is 11.3. The maximum Gasteiger partial charge on any atom is 0.347 e. The Morgan fingerprint density at radius 2 is 2.06 bits per heavy atom. The van der Waals surface area contributed by atoms with Crippen LogP contribution in [0.15, 0.2) is 18.2 Å². The van der Waals surface area contributed by atoms with Gasteiger partial charge in [0, 0.05) is 12.7 Å². The zero-order chi connectivity index (χ0) is 13.1. The van der Waals surface area contributed by atoms with Gasteiger partial charge in [0.1, 0.15) is 5.75 Å². The van der Waals surface area contributed by atoms with Crippen molar-refractivity contribution < 1.29 is 19.4 Å². The minimum atomic E-state index is -1.25. The largest absolute Gasteiger partial charge is 0.478 e. The topological polar surface area (TPSA) is 55.8 Å². The lowest BCUT2D eigenvalue weighted by molar-refractivity contribution is -0.152. The van der Waals surface area contributed by atoms with Gasteiger partial charge in [-0.1, -0.05) is 17.7 Å². The number of hydrogen-bond acceptors (Lipinski definition) is 3. The van der Waals surface area contributed by atoms with Gasteiger partial charge in [0.25, 0.3) is 0 Å². The fourth-order valence-corrected chi connectivity index (χ4v) is 1.39. The Bertz CT molecular complexity index is 410. The summed E-state index contributed by atoms with van der Waals surface area (Å²) in [5.74, 6) is -0.453. The number of benzene rings is 1. The highest BCUT2D eigenvalue weighted by molar-refractivity contribution is 5.76. The van der Waals surface area contributed by atoms with Crippen LogP contribution in [0.25, 0.3) is 0 Å². The van der Waals surface area contributed by atoms with Gasteiger partial charge < -0.3 is 14.6 Å². The fraction of sp³-hybridized carbons (Fsp3) is 0.462. The van der Waals surface area contributed by atoms with Gasteiger partial charge in [0.2, 0.25) is 0 Å². The SMILES string of the molecule is COCc1cc(C)ccc1OC(C)(C)C(=O)O. The van der Waals surface area contributed by atoms with Crippen LogP contribution < -0.4 is 4.74 Å². The molecular weight excluding hydrogens is 220 g/mol. The Kier molecular flexibility index (Phi) is 4.12. The molecule has 0 aliphatic carbocycles. The van der Waals surface area contributed by atoms with Gasteiger partial charge >= 0.3 is 5.97 Å². The number of carbonyl (C=O) groups is 1. The molecule has 0 fully saturated rings. The summed E-state index contributed by atoms with van der Waals surface area (Å²) in [5.41, 5.74) is 0.678. The van der Waals surface area contributed by atoms with Crippen molar-refractivity contribution in [1.82, 2.24) is 0 Å². The molecule has 0 aliphatic heterocycles. The number of carboxylic acids is 1. The molecule has 1 N–H and O–H groups in total. The predicted octanol–water partition coefficient (Wildman–Crippen LogP) is 2.38. The first-order valence-corrected chi connectivity index (χ1v) is 5.37. The molecule has 4 heteroatoms. The molecule has 17 heavy (non-hydrogen) atoms. The average molecular weight is 238 g/mol. The van der Waals surface area contributed by atoms with Crippen molar-refractivity contribution in [3.05, 3.63) is 29.3 Å². The number of carboxylic acid groups (broad SMARTS) is 1. The molecule has 0 saturated heterocycles. The van der Waals surface area contributed by atoms with Gasteiger partial charge in [0.05, 0.1) is 6.61 Å². The monoisotopic (exact) mass is 238 g/mol. The van der Waals surface area contributed by atoms with Crippen molar-refractivity contribution in [2.75, 3.05) is 7.11 Å². The fourth-order valence-electron chi connectivity index (χ4n) is 1.39. The minimum absolute atomic E-state index is 0.396. The lowest BCUT2D eigenvalue weighted by atomic mass is 10.1. The van der Waals surface area contributed by atoms with Gasteiger partial charge in [-0.05, 0) is 26.8 Å². The van der Waals surface area contributed by atoms with Crippen molar-refractivity contribution in [2.45, 2.75) is 33.0 Å². The second-order valence-corrected chi connectivity index (χ2v) is 4.46. The van der Waals surface area contributed by atoms with Crippen molar-refractivity contribution in [3.8, 4) is 5.75 Å². The third kappa shape index (κ3) is 3.46. The molecule has 94 valence electrons. The van der Waals surface area contributed by atoms with Crippen LogP contribution in [0, 0.1) is 6.92 Å². The highest BCUT2D eigenvalue weighted by Crippen LogP contribution is 2.25. The van der Waals surface area contributed by atoms with E-state index in [9.17, 15) is 4.79 Å². The third-order valence-corrected chi connectivity index (χ3v) is 2.40. The maximum absolute atomic E-state index is 11.0. The summed E-state index contributed by atoms with van der Waals surface area (Å²) in [6, 6.07) is 5.58. The standard InChI is InChI=1S/C13H18O4/c1-9-5-6-11(10(7-9)8-16-4)17-13(2,3)12(14)15/h5-7H,8H2,1-4H3,(H,14,15). The molecule has 1 aromatic rings. The van der Waals surface area contributed by atoms with Crippen LogP contribution in [-0.4, -0.2) is 23.8 Å². The summed E-state index contributed by atoms with van der Waals surface area (Å²) >= 11 is 0. The third-order valence-electron chi connectivity index (χ3n) is 2.40. The van der Waals surface area contributed by atoms with E-state index < -0.39 is 11.6 Å². The zero-order valence-corrected chi connectivity index (χ0v) is 10.6. The van der Waals surface area contributed by atoms with Crippen molar-refractivity contribution in [1.29, 1.82) is 0 Å². The van der Waals surface area contributed by atoms with E-state index in [1.54, 1.807) is 13.2 Å². The molecule has 0 unspecified atom stereocenters. The van der Waals surface area contributed by atoms with Crippen LogP contribution in [0.2, 0.25) is 0 Å². The Labute approximate surface area is 101 Å². The summed E-state index contributed by atoms with van der Waals surface area (Å²) in [5, 5.41) is 9.02. The lowest BCUT2D eigenvalue weighted by Gasteiger charge is -2.23. The van der Waals surface area contributed by atoms with E-state index in [2.05, 4.69) is 0 Å². The summed E-state index contributed by atoms with van der Waals surface area (Å²) < 4.78 is 10.6.